The van der Waals surface area contributed by atoms with Crippen LogP contribution in [0.2, 0.25) is 0 Å². The van der Waals surface area contributed by atoms with Crippen molar-refractivity contribution in [3.05, 3.63) is 36.4 Å². The van der Waals surface area contributed by atoms with Gasteiger partial charge in [-0.3, -0.25) is 9.78 Å². The number of pyridine rings is 1. The molecule has 24 heavy (non-hydrogen) atoms. The van der Waals surface area contributed by atoms with Gasteiger partial charge in [-0.25, -0.2) is 4.68 Å². The molecule has 0 unspecified atom stereocenters. The predicted octanol–water partition coefficient (Wildman–Crippen LogP) is 0.501. The summed E-state index contributed by atoms with van der Waals surface area (Å²) in [6.07, 6.45) is 8.63. The molecule has 1 saturated carbocycles. The van der Waals surface area contributed by atoms with E-state index in [0.717, 1.165) is 18.5 Å². The summed E-state index contributed by atoms with van der Waals surface area (Å²) in [5.41, 5.74) is 1.37. The molecule has 3 heterocycles. The monoisotopic (exact) mass is 323 g/mol. The smallest absolute Gasteiger partial charge is 0.223 e. The maximum absolute atomic E-state index is 12.2. The first-order valence-corrected chi connectivity index (χ1v) is 8.01. The second-order valence-electron chi connectivity index (χ2n) is 6.25. The topological polar surface area (TPSA) is 99.7 Å². The number of rotatable bonds is 4. The Balaban J connectivity index is 1.60. The van der Waals surface area contributed by atoms with Gasteiger partial charge in [0.2, 0.25) is 5.91 Å². The molecule has 8 nitrogen and oxygen atoms in total. The summed E-state index contributed by atoms with van der Waals surface area (Å²) < 4.78 is 1.78. The molecule has 0 bridgehead atoms. The van der Waals surface area contributed by atoms with E-state index in [2.05, 4.69) is 31.6 Å². The molecule has 0 spiro atoms. The third-order valence-electron chi connectivity index (χ3n) is 4.60. The van der Waals surface area contributed by atoms with E-state index < -0.39 is 0 Å². The molecule has 0 aromatic carbocycles. The van der Waals surface area contributed by atoms with Gasteiger partial charge in [0.25, 0.3) is 0 Å². The third kappa shape index (κ3) is 2.69. The van der Waals surface area contributed by atoms with Crippen molar-refractivity contribution in [1.82, 2.24) is 25.3 Å². The number of nitrogens with zero attached hydrogens (tertiary/aromatic N) is 6. The summed E-state index contributed by atoms with van der Waals surface area (Å²) in [5, 5.41) is 20.4. The van der Waals surface area contributed by atoms with Crippen LogP contribution in [-0.2, 0) is 4.79 Å². The number of hydrogen-bond acceptors (Lipinski definition) is 6. The van der Waals surface area contributed by atoms with Gasteiger partial charge in [0.05, 0.1) is 29.5 Å². The van der Waals surface area contributed by atoms with Crippen molar-refractivity contribution >= 4 is 11.6 Å². The largest absolute Gasteiger partial charge is 0.366 e. The van der Waals surface area contributed by atoms with E-state index in [0.29, 0.717) is 18.7 Å². The molecule has 2 aromatic heterocycles. The maximum Gasteiger partial charge on any atom is 0.223 e. The minimum absolute atomic E-state index is 0.0186. The third-order valence-corrected chi connectivity index (χ3v) is 4.60. The van der Waals surface area contributed by atoms with Crippen molar-refractivity contribution in [2.75, 3.05) is 18.0 Å². The quantitative estimate of drug-likeness (QED) is 0.879. The zero-order valence-corrected chi connectivity index (χ0v) is 13.0. The number of hydrogen-bond donors (Lipinski definition) is 1. The van der Waals surface area contributed by atoms with Crippen LogP contribution in [0.1, 0.15) is 24.4 Å². The van der Waals surface area contributed by atoms with Crippen LogP contribution in [-0.4, -0.2) is 45.0 Å². The first kappa shape index (κ1) is 14.6. The van der Waals surface area contributed by atoms with E-state index in [1.807, 2.05) is 12.3 Å². The van der Waals surface area contributed by atoms with E-state index >= 15 is 0 Å². The molecule has 1 aliphatic heterocycles. The molecule has 2 aromatic rings. The lowest BCUT2D eigenvalue weighted by molar-refractivity contribution is -0.123. The van der Waals surface area contributed by atoms with Gasteiger partial charge in [0.15, 0.2) is 0 Å². The van der Waals surface area contributed by atoms with Crippen molar-refractivity contribution in [3.8, 4) is 6.07 Å². The Labute approximate surface area is 139 Å². The van der Waals surface area contributed by atoms with Crippen molar-refractivity contribution < 1.29 is 4.79 Å². The lowest BCUT2D eigenvalue weighted by Crippen LogP contribution is -2.42. The van der Waals surface area contributed by atoms with Crippen molar-refractivity contribution in [1.29, 1.82) is 5.26 Å². The fourth-order valence-electron chi connectivity index (χ4n) is 3.18. The number of nitrogens with one attached hydrogen (secondary N) is 1. The standard InChI is InChI=1S/C16H17N7O/c17-7-12-8-18-4-3-14(12)22-9-13(20-16(24)11-1-2-11)15(10-22)23-6-5-19-21-23/h3-6,8,11,13,15H,1-2,9-10H2,(H,20,24)/t13-,15+/m1/s1. The van der Waals surface area contributed by atoms with Crippen LogP contribution < -0.4 is 10.2 Å². The molecular weight excluding hydrogens is 306 g/mol. The zero-order valence-electron chi connectivity index (χ0n) is 13.0. The summed E-state index contributed by atoms with van der Waals surface area (Å²) in [5.74, 6) is 0.272. The van der Waals surface area contributed by atoms with Gasteiger partial charge in [-0.15, -0.1) is 5.10 Å². The zero-order chi connectivity index (χ0) is 16.5. The van der Waals surface area contributed by atoms with E-state index in [4.69, 9.17) is 0 Å². The van der Waals surface area contributed by atoms with E-state index in [-0.39, 0.29) is 23.9 Å². The number of aromatic nitrogens is 4. The SMILES string of the molecule is N#Cc1cnccc1N1C[C@@H](NC(=O)C2CC2)[C@@H](n2ccnn2)C1. The maximum atomic E-state index is 12.2. The average molecular weight is 323 g/mol. The van der Waals surface area contributed by atoms with Gasteiger partial charge in [-0.2, -0.15) is 5.26 Å². The summed E-state index contributed by atoms with van der Waals surface area (Å²) in [6.45, 7) is 1.28. The summed E-state index contributed by atoms with van der Waals surface area (Å²) in [6, 6.07) is 3.93. The second-order valence-corrected chi connectivity index (χ2v) is 6.25. The number of carbonyl (C=O) groups excluding carboxylic acids is 1. The molecular formula is C16H17N7O. The molecule has 2 fully saturated rings. The van der Waals surface area contributed by atoms with Crippen LogP contribution in [0.5, 0.6) is 0 Å². The lowest BCUT2D eigenvalue weighted by atomic mass is 10.1. The minimum Gasteiger partial charge on any atom is -0.366 e. The van der Waals surface area contributed by atoms with Gasteiger partial charge in [0, 0.05) is 37.6 Å². The first-order chi connectivity index (χ1) is 11.8. The van der Waals surface area contributed by atoms with Gasteiger partial charge >= 0.3 is 0 Å². The molecule has 1 aliphatic carbocycles. The van der Waals surface area contributed by atoms with Crippen LogP contribution in [0.4, 0.5) is 5.69 Å². The van der Waals surface area contributed by atoms with Crippen molar-refractivity contribution in [2.24, 2.45) is 5.92 Å². The highest BCUT2D eigenvalue weighted by Gasteiger charge is 2.39. The van der Waals surface area contributed by atoms with Crippen LogP contribution in [0, 0.1) is 17.2 Å². The summed E-state index contributed by atoms with van der Waals surface area (Å²) in [4.78, 5) is 18.3. The summed E-state index contributed by atoms with van der Waals surface area (Å²) >= 11 is 0. The average Bonchev–Trinajstić information content (AvgIpc) is 3.17. The van der Waals surface area contributed by atoms with Crippen LogP contribution in [0.15, 0.2) is 30.9 Å². The fraction of sp³-hybridized carbons (Fsp3) is 0.438. The van der Waals surface area contributed by atoms with Gasteiger partial charge in [-0.1, -0.05) is 5.21 Å². The number of anilines is 1. The second kappa shape index (κ2) is 5.92. The molecule has 2 atom stereocenters. The Morgan fingerprint density at radius 2 is 2.21 bits per heavy atom. The van der Waals surface area contributed by atoms with Crippen LogP contribution in [0.3, 0.4) is 0 Å². The molecule has 1 amide bonds. The van der Waals surface area contributed by atoms with E-state index in [9.17, 15) is 10.1 Å². The Kier molecular flexibility index (Phi) is 3.61. The number of nitriles is 1. The highest BCUT2D eigenvalue weighted by atomic mass is 16.2. The fourth-order valence-corrected chi connectivity index (χ4v) is 3.18. The molecule has 2 aliphatic rings. The van der Waals surface area contributed by atoms with Crippen LogP contribution >= 0.6 is 0 Å². The predicted molar refractivity (Wildman–Crippen MR) is 84.9 cm³/mol. The molecule has 4 rings (SSSR count). The van der Waals surface area contributed by atoms with Gasteiger partial charge < -0.3 is 10.2 Å². The minimum atomic E-state index is -0.0699. The van der Waals surface area contributed by atoms with E-state index in [1.54, 1.807) is 23.3 Å². The Bertz CT molecular complexity index is 778. The van der Waals surface area contributed by atoms with Gasteiger partial charge in [-0.05, 0) is 18.9 Å². The van der Waals surface area contributed by atoms with Crippen molar-refractivity contribution in [2.45, 2.75) is 24.9 Å². The highest BCUT2D eigenvalue weighted by Crippen LogP contribution is 2.32. The molecule has 0 radical (unpaired) electrons. The first-order valence-electron chi connectivity index (χ1n) is 8.01. The Hall–Kier alpha value is -2.95. The van der Waals surface area contributed by atoms with Crippen LogP contribution in [0.25, 0.3) is 0 Å². The molecule has 8 heteroatoms. The number of amides is 1. The molecule has 1 saturated heterocycles. The number of carbonyl (C=O) groups is 1. The van der Waals surface area contributed by atoms with Gasteiger partial charge in [0.1, 0.15) is 6.07 Å². The Morgan fingerprint density at radius 3 is 2.92 bits per heavy atom. The molecule has 1 N–H and O–H groups in total. The Morgan fingerprint density at radius 1 is 1.33 bits per heavy atom. The van der Waals surface area contributed by atoms with E-state index in [1.165, 1.54) is 0 Å². The molecule has 122 valence electrons. The normalized spacial score (nSPS) is 23.0. The lowest BCUT2D eigenvalue weighted by Gasteiger charge is -2.19. The summed E-state index contributed by atoms with van der Waals surface area (Å²) in [7, 11) is 0. The highest BCUT2D eigenvalue weighted by molar-refractivity contribution is 5.81. The van der Waals surface area contributed by atoms with Crippen molar-refractivity contribution in [3.63, 3.8) is 0 Å².